The molecule has 7 heteroatoms. The molecule has 0 atom stereocenters. The van der Waals surface area contributed by atoms with E-state index in [2.05, 4.69) is 5.32 Å². The first-order chi connectivity index (χ1) is 12.0. The van der Waals surface area contributed by atoms with Crippen molar-refractivity contribution in [2.45, 2.75) is 13.5 Å². The van der Waals surface area contributed by atoms with Crippen LogP contribution in [0.25, 0.3) is 0 Å². The Morgan fingerprint density at radius 1 is 1.16 bits per heavy atom. The zero-order valence-electron chi connectivity index (χ0n) is 14.2. The molecule has 1 heterocycles. The van der Waals surface area contributed by atoms with Crippen LogP contribution in [0.2, 0.25) is 0 Å². The summed E-state index contributed by atoms with van der Waals surface area (Å²) in [4.78, 5) is 37.0. The van der Waals surface area contributed by atoms with E-state index in [1.54, 1.807) is 30.5 Å². The minimum Gasteiger partial charge on any atom is -0.454 e. The van der Waals surface area contributed by atoms with E-state index in [-0.39, 0.29) is 25.0 Å². The number of nitrogens with one attached hydrogen (secondary N) is 1. The van der Waals surface area contributed by atoms with Crippen molar-refractivity contribution in [3.8, 4) is 0 Å². The predicted octanol–water partition coefficient (Wildman–Crippen LogP) is 1.99. The summed E-state index contributed by atoms with van der Waals surface area (Å²) in [5.74, 6) is -1.32. The molecule has 0 aliphatic carbocycles. The van der Waals surface area contributed by atoms with Gasteiger partial charge in [-0.3, -0.25) is 14.4 Å². The Morgan fingerprint density at radius 2 is 1.88 bits per heavy atom. The Hall–Kier alpha value is -2.67. The fraction of sp³-hybridized carbons (Fsp3) is 0.278. The number of thiophene rings is 1. The third-order valence-electron chi connectivity index (χ3n) is 3.49. The summed E-state index contributed by atoms with van der Waals surface area (Å²) in [7, 11) is 1.65. The minimum atomic E-state index is -0.655. The van der Waals surface area contributed by atoms with E-state index in [1.165, 1.54) is 4.90 Å². The van der Waals surface area contributed by atoms with Crippen LogP contribution in [0.3, 0.4) is 0 Å². The largest absolute Gasteiger partial charge is 0.454 e. The van der Waals surface area contributed by atoms with Crippen molar-refractivity contribution in [2.75, 3.05) is 20.2 Å². The fourth-order valence-corrected chi connectivity index (χ4v) is 2.67. The van der Waals surface area contributed by atoms with Crippen molar-refractivity contribution in [3.05, 3.63) is 57.8 Å². The molecule has 1 aromatic carbocycles. The summed E-state index contributed by atoms with van der Waals surface area (Å²) >= 11 is 1.56. The molecular weight excluding hydrogens is 340 g/mol. The van der Waals surface area contributed by atoms with Crippen molar-refractivity contribution in [1.82, 2.24) is 10.2 Å². The molecule has 2 amide bonds. The van der Waals surface area contributed by atoms with Crippen LogP contribution in [0.4, 0.5) is 0 Å². The molecular formula is C18H20N2O4S. The predicted molar refractivity (Wildman–Crippen MR) is 95.3 cm³/mol. The first-order valence-electron chi connectivity index (χ1n) is 7.71. The van der Waals surface area contributed by atoms with Gasteiger partial charge in [0.1, 0.15) is 6.54 Å². The molecule has 1 N–H and O–H groups in total. The second-order valence-corrected chi connectivity index (χ2v) is 6.37. The molecule has 0 radical (unpaired) electrons. The lowest BCUT2D eigenvalue weighted by Gasteiger charge is -2.16. The average Bonchev–Trinajstić information content (AvgIpc) is 3.11. The van der Waals surface area contributed by atoms with Gasteiger partial charge in [-0.2, -0.15) is 11.3 Å². The van der Waals surface area contributed by atoms with E-state index in [0.717, 1.165) is 11.1 Å². The minimum absolute atomic E-state index is 0.283. The summed E-state index contributed by atoms with van der Waals surface area (Å²) in [5, 5.41) is 6.36. The van der Waals surface area contributed by atoms with Crippen molar-refractivity contribution < 1.29 is 19.1 Å². The van der Waals surface area contributed by atoms with E-state index in [4.69, 9.17) is 4.74 Å². The van der Waals surface area contributed by atoms with Crippen LogP contribution in [-0.4, -0.2) is 42.9 Å². The van der Waals surface area contributed by atoms with Gasteiger partial charge in [0.15, 0.2) is 6.61 Å². The number of carbonyl (C=O) groups is 3. The molecule has 0 bridgehead atoms. The highest BCUT2D eigenvalue weighted by molar-refractivity contribution is 7.07. The van der Waals surface area contributed by atoms with Crippen LogP contribution in [-0.2, 0) is 20.9 Å². The second kappa shape index (κ2) is 8.98. The van der Waals surface area contributed by atoms with Gasteiger partial charge in [0, 0.05) is 19.2 Å². The standard InChI is InChI=1S/C18H20N2O4S/c1-13-3-5-15(6-4-13)18(23)19-9-17(22)24-11-16(21)20(2)10-14-7-8-25-12-14/h3-8,12H,9-11H2,1-2H3,(H,19,23). The Labute approximate surface area is 150 Å². The number of amides is 2. The first kappa shape index (κ1) is 18.7. The topological polar surface area (TPSA) is 75.7 Å². The number of aryl methyl sites for hydroxylation is 1. The molecule has 0 aliphatic rings. The normalized spacial score (nSPS) is 10.2. The van der Waals surface area contributed by atoms with Gasteiger partial charge in [-0.15, -0.1) is 0 Å². The number of esters is 1. The van der Waals surface area contributed by atoms with Crippen molar-refractivity contribution >= 4 is 29.1 Å². The monoisotopic (exact) mass is 360 g/mol. The third-order valence-corrected chi connectivity index (χ3v) is 4.22. The number of likely N-dealkylation sites (N-methyl/N-ethyl adjacent to an activating group) is 1. The van der Waals surface area contributed by atoms with E-state index >= 15 is 0 Å². The number of benzene rings is 1. The molecule has 6 nitrogen and oxygen atoms in total. The maximum atomic E-state index is 11.9. The number of hydrogen-bond acceptors (Lipinski definition) is 5. The summed E-state index contributed by atoms with van der Waals surface area (Å²) in [6, 6.07) is 8.92. The molecule has 2 rings (SSSR count). The van der Waals surface area contributed by atoms with Gasteiger partial charge in [0.05, 0.1) is 0 Å². The van der Waals surface area contributed by atoms with E-state index < -0.39 is 5.97 Å². The highest BCUT2D eigenvalue weighted by Crippen LogP contribution is 2.08. The summed E-state index contributed by atoms with van der Waals surface area (Å²) in [6.07, 6.45) is 0. The number of hydrogen-bond donors (Lipinski definition) is 1. The molecule has 0 unspecified atom stereocenters. The van der Waals surface area contributed by atoms with Crippen molar-refractivity contribution in [2.24, 2.45) is 0 Å². The lowest BCUT2D eigenvalue weighted by Crippen LogP contribution is -2.34. The molecule has 132 valence electrons. The second-order valence-electron chi connectivity index (χ2n) is 5.59. The molecule has 0 saturated heterocycles. The zero-order valence-corrected chi connectivity index (χ0v) is 15.0. The van der Waals surface area contributed by atoms with Crippen LogP contribution in [0.15, 0.2) is 41.1 Å². The smallest absolute Gasteiger partial charge is 0.325 e. The van der Waals surface area contributed by atoms with E-state index in [9.17, 15) is 14.4 Å². The van der Waals surface area contributed by atoms with E-state index in [0.29, 0.717) is 12.1 Å². The molecule has 25 heavy (non-hydrogen) atoms. The SMILES string of the molecule is Cc1ccc(C(=O)NCC(=O)OCC(=O)N(C)Cc2ccsc2)cc1. The third kappa shape index (κ3) is 6.04. The quantitative estimate of drug-likeness (QED) is 0.766. The summed E-state index contributed by atoms with van der Waals surface area (Å²) < 4.78 is 4.91. The van der Waals surface area contributed by atoms with Gasteiger partial charge in [0.2, 0.25) is 0 Å². The highest BCUT2D eigenvalue weighted by Gasteiger charge is 2.14. The highest BCUT2D eigenvalue weighted by atomic mass is 32.1. The van der Waals surface area contributed by atoms with Crippen LogP contribution in [0.5, 0.6) is 0 Å². The molecule has 0 aliphatic heterocycles. The van der Waals surface area contributed by atoms with Crippen molar-refractivity contribution in [3.63, 3.8) is 0 Å². The van der Waals surface area contributed by atoms with E-state index in [1.807, 2.05) is 35.9 Å². The number of nitrogens with zero attached hydrogens (tertiary/aromatic N) is 1. The van der Waals surface area contributed by atoms with Crippen LogP contribution < -0.4 is 5.32 Å². The zero-order chi connectivity index (χ0) is 18.2. The number of ether oxygens (including phenoxy) is 1. The van der Waals surface area contributed by atoms with Crippen LogP contribution in [0, 0.1) is 6.92 Å². The molecule has 1 aromatic heterocycles. The fourth-order valence-electron chi connectivity index (χ4n) is 2.01. The molecule has 0 saturated carbocycles. The first-order valence-corrected chi connectivity index (χ1v) is 8.65. The Kier molecular flexibility index (Phi) is 6.71. The summed E-state index contributed by atoms with van der Waals surface area (Å²) in [6.45, 7) is 1.75. The number of carbonyl (C=O) groups excluding carboxylic acids is 3. The van der Waals surface area contributed by atoms with Gasteiger partial charge in [-0.25, -0.2) is 0 Å². The lowest BCUT2D eigenvalue weighted by molar-refractivity contribution is -0.150. The lowest BCUT2D eigenvalue weighted by atomic mass is 10.1. The van der Waals surface area contributed by atoms with Gasteiger partial charge in [-0.05, 0) is 41.4 Å². The average molecular weight is 360 g/mol. The molecule has 0 spiro atoms. The Bertz CT molecular complexity index is 726. The maximum absolute atomic E-state index is 11.9. The van der Waals surface area contributed by atoms with Crippen LogP contribution in [0.1, 0.15) is 21.5 Å². The van der Waals surface area contributed by atoms with Crippen LogP contribution >= 0.6 is 11.3 Å². The molecule has 2 aromatic rings. The van der Waals surface area contributed by atoms with Gasteiger partial charge < -0.3 is 15.0 Å². The van der Waals surface area contributed by atoms with Gasteiger partial charge in [-0.1, -0.05) is 17.7 Å². The Morgan fingerprint density at radius 3 is 2.52 bits per heavy atom. The van der Waals surface area contributed by atoms with Gasteiger partial charge in [0.25, 0.3) is 11.8 Å². The summed E-state index contributed by atoms with van der Waals surface area (Å²) in [5.41, 5.74) is 2.53. The maximum Gasteiger partial charge on any atom is 0.325 e. The van der Waals surface area contributed by atoms with Gasteiger partial charge >= 0.3 is 5.97 Å². The molecule has 0 fully saturated rings. The van der Waals surface area contributed by atoms with Crippen molar-refractivity contribution in [1.29, 1.82) is 0 Å². The Balaban J connectivity index is 1.70. The number of rotatable bonds is 7.